The predicted molar refractivity (Wildman–Crippen MR) is 117 cm³/mol. The van der Waals surface area contributed by atoms with Crippen LogP contribution in [0.4, 0.5) is 10.1 Å². The van der Waals surface area contributed by atoms with Gasteiger partial charge >= 0.3 is 0 Å². The molecule has 0 bridgehead atoms. The number of nitrogens with one attached hydrogen (secondary N) is 1. The van der Waals surface area contributed by atoms with Gasteiger partial charge in [0.1, 0.15) is 18.0 Å². The number of hydrogen-bond donors (Lipinski definition) is 1. The third-order valence-corrected chi connectivity index (χ3v) is 5.76. The molecule has 1 heterocycles. The second-order valence-corrected chi connectivity index (χ2v) is 7.70. The van der Waals surface area contributed by atoms with Gasteiger partial charge in [-0.1, -0.05) is 12.1 Å². The molecule has 1 aliphatic heterocycles. The van der Waals surface area contributed by atoms with Crippen molar-refractivity contribution in [3.63, 3.8) is 0 Å². The molecule has 1 saturated heterocycles. The second-order valence-electron chi connectivity index (χ2n) is 7.70. The van der Waals surface area contributed by atoms with Gasteiger partial charge in [0.2, 0.25) is 0 Å². The van der Waals surface area contributed by atoms with E-state index >= 15 is 0 Å². The molecule has 0 radical (unpaired) electrons. The molecule has 33 heavy (non-hydrogen) atoms. The minimum atomic E-state index is -0.637. The van der Waals surface area contributed by atoms with E-state index in [1.54, 1.807) is 12.1 Å². The third-order valence-electron chi connectivity index (χ3n) is 5.76. The molecule has 1 N–H and O–H groups in total. The summed E-state index contributed by atoms with van der Waals surface area (Å²) in [5.41, 5.74) is -0.133. The maximum Gasteiger partial charge on any atom is 0.286 e. The lowest BCUT2D eigenvalue weighted by Crippen LogP contribution is -2.44. The smallest absolute Gasteiger partial charge is 0.286 e. The Labute approximate surface area is 190 Å². The van der Waals surface area contributed by atoms with Gasteiger partial charge in [-0.05, 0) is 30.5 Å². The fraction of sp³-hybridized carbons (Fsp3) is 0.435. The number of nitrogens with zero attached hydrogens (tertiary/aromatic N) is 1. The van der Waals surface area contributed by atoms with Crippen molar-refractivity contribution < 1.29 is 33.1 Å². The molecule has 0 aliphatic carbocycles. The van der Waals surface area contributed by atoms with Crippen LogP contribution in [0, 0.1) is 15.9 Å². The first-order chi connectivity index (χ1) is 15.9. The van der Waals surface area contributed by atoms with Crippen LogP contribution in [0.2, 0.25) is 0 Å². The van der Waals surface area contributed by atoms with Crippen LogP contribution in [0.1, 0.15) is 28.8 Å². The lowest BCUT2D eigenvalue weighted by Gasteiger charge is -2.38. The van der Waals surface area contributed by atoms with E-state index in [-0.39, 0.29) is 42.6 Å². The first-order valence-corrected chi connectivity index (χ1v) is 10.5. The molecule has 0 saturated carbocycles. The zero-order valence-electron chi connectivity index (χ0n) is 18.6. The summed E-state index contributed by atoms with van der Waals surface area (Å²) in [5.74, 6) is -0.622. The molecule has 178 valence electrons. The van der Waals surface area contributed by atoms with Crippen LogP contribution in [0.15, 0.2) is 36.4 Å². The van der Waals surface area contributed by atoms with Gasteiger partial charge < -0.3 is 24.3 Å². The highest BCUT2D eigenvalue weighted by atomic mass is 19.1. The minimum Gasteiger partial charge on any atom is -0.493 e. The predicted octanol–water partition coefficient (Wildman–Crippen LogP) is 3.25. The number of ether oxygens (including phenoxy) is 4. The van der Waals surface area contributed by atoms with Gasteiger partial charge in [-0.3, -0.25) is 14.9 Å². The van der Waals surface area contributed by atoms with Crippen LogP contribution in [-0.4, -0.2) is 58.0 Å². The quantitative estimate of drug-likeness (QED) is 0.328. The van der Waals surface area contributed by atoms with Crippen molar-refractivity contribution in [3.8, 4) is 11.5 Å². The highest BCUT2D eigenvalue weighted by Gasteiger charge is 2.36. The first kappa shape index (κ1) is 24.4. The standard InChI is InChI=1S/C23H27FN2O7/c1-30-11-12-33-21-14-19(26(28)29)18(13-20(21)31-2)22(27)25-15-23(7-9-32-10-8-23)16-3-5-17(24)6-4-16/h3-6,13-14H,7-12,15H2,1-2H3,(H,25,27). The number of nitro benzene ring substituents is 1. The Kier molecular flexibility index (Phi) is 8.18. The molecule has 1 fully saturated rings. The number of halogens is 1. The molecular weight excluding hydrogens is 435 g/mol. The van der Waals surface area contributed by atoms with E-state index in [2.05, 4.69) is 5.32 Å². The number of rotatable bonds is 10. The largest absolute Gasteiger partial charge is 0.493 e. The van der Waals surface area contributed by atoms with E-state index in [1.807, 2.05) is 0 Å². The van der Waals surface area contributed by atoms with Crippen molar-refractivity contribution in [2.45, 2.75) is 18.3 Å². The molecule has 1 aliphatic rings. The van der Waals surface area contributed by atoms with Crippen molar-refractivity contribution in [1.82, 2.24) is 5.32 Å². The van der Waals surface area contributed by atoms with Crippen LogP contribution < -0.4 is 14.8 Å². The number of benzene rings is 2. The number of carbonyl (C=O) groups is 1. The number of nitro groups is 1. The highest BCUT2D eigenvalue weighted by Crippen LogP contribution is 2.36. The van der Waals surface area contributed by atoms with Gasteiger partial charge in [0, 0.05) is 38.3 Å². The molecule has 2 aromatic carbocycles. The molecule has 9 nitrogen and oxygen atoms in total. The van der Waals surface area contributed by atoms with E-state index < -0.39 is 21.9 Å². The molecule has 0 atom stereocenters. The highest BCUT2D eigenvalue weighted by molar-refractivity contribution is 5.99. The van der Waals surface area contributed by atoms with Gasteiger partial charge in [-0.15, -0.1) is 0 Å². The van der Waals surface area contributed by atoms with Crippen LogP contribution in [0.25, 0.3) is 0 Å². The van der Waals surface area contributed by atoms with Crippen LogP contribution in [0.3, 0.4) is 0 Å². The lowest BCUT2D eigenvalue weighted by molar-refractivity contribution is -0.385. The van der Waals surface area contributed by atoms with Crippen molar-refractivity contribution in [2.24, 2.45) is 0 Å². The summed E-state index contributed by atoms with van der Waals surface area (Å²) in [7, 11) is 2.89. The fourth-order valence-corrected chi connectivity index (χ4v) is 3.87. The van der Waals surface area contributed by atoms with Gasteiger partial charge in [-0.2, -0.15) is 0 Å². The zero-order valence-corrected chi connectivity index (χ0v) is 18.6. The van der Waals surface area contributed by atoms with Gasteiger partial charge in [0.05, 0.1) is 24.7 Å². The summed E-state index contributed by atoms with van der Waals surface area (Å²) in [5, 5.41) is 14.5. The van der Waals surface area contributed by atoms with Crippen molar-refractivity contribution in [1.29, 1.82) is 0 Å². The van der Waals surface area contributed by atoms with Crippen molar-refractivity contribution in [2.75, 3.05) is 47.2 Å². The average molecular weight is 462 g/mol. The number of amides is 1. The summed E-state index contributed by atoms with van der Waals surface area (Å²) < 4.78 is 34.6. The number of carbonyl (C=O) groups excluding carboxylic acids is 1. The zero-order chi connectivity index (χ0) is 23.8. The van der Waals surface area contributed by atoms with Crippen LogP contribution in [0.5, 0.6) is 11.5 Å². The van der Waals surface area contributed by atoms with Crippen LogP contribution >= 0.6 is 0 Å². The molecule has 0 spiro atoms. The maximum absolute atomic E-state index is 13.4. The second kappa shape index (κ2) is 11.1. The normalized spacial score (nSPS) is 15.0. The molecule has 2 aromatic rings. The van der Waals surface area contributed by atoms with Gasteiger partial charge in [0.15, 0.2) is 11.5 Å². The summed E-state index contributed by atoms with van der Waals surface area (Å²) in [6.07, 6.45) is 1.24. The SMILES string of the molecule is COCCOc1cc([N+](=O)[O-])c(C(=O)NCC2(c3ccc(F)cc3)CCOCC2)cc1OC. The first-order valence-electron chi connectivity index (χ1n) is 10.5. The molecule has 10 heteroatoms. The Hall–Kier alpha value is -3.24. The summed E-state index contributed by atoms with van der Waals surface area (Å²) in [6, 6.07) is 8.63. The average Bonchev–Trinajstić information content (AvgIpc) is 2.83. The third kappa shape index (κ3) is 5.77. The van der Waals surface area contributed by atoms with E-state index in [1.165, 1.54) is 38.5 Å². The van der Waals surface area contributed by atoms with Crippen LogP contribution in [-0.2, 0) is 14.9 Å². The molecule has 3 rings (SSSR count). The Bertz CT molecular complexity index is 976. The number of hydrogen-bond acceptors (Lipinski definition) is 7. The molecule has 1 amide bonds. The summed E-state index contributed by atoms with van der Waals surface area (Å²) in [6.45, 7) is 1.65. The Morgan fingerprint density at radius 2 is 1.85 bits per heavy atom. The lowest BCUT2D eigenvalue weighted by atomic mass is 9.74. The minimum absolute atomic E-state index is 0.141. The summed E-state index contributed by atoms with van der Waals surface area (Å²) in [4.78, 5) is 24.1. The summed E-state index contributed by atoms with van der Waals surface area (Å²) >= 11 is 0. The molecule has 0 aromatic heterocycles. The molecule has 0 unspecified atom stereocenters. The van der Waals surface area contributed by atoms with E-state index in [9.17, 15) is 19.3 Å². The Morgan fingerprint density at radius 1 is 1.15 bits per heavy atom. The van der Waals surface area contributed by atoms with Gasteiger partial charge in [0.25, 0.3) is 11.6 Å². The maximum atomic E-state index is 13.4. The fourth-order valence-electron chi connectivity index (χ4n) is 3.87. The Morgan fingerprint density at radius 3 is 2.45 bits per heavy atom. The topological polar surface area (TPSA) is 109 Å². The monoisotopic (exact) mass is 462 g/mol. The van der Waals surface area contributed by atoms with Crippen molar-refractivity contribution in [3.05, 3.63) is 63.5 Å². The van der Waals surface area contributed by atoms with E-state index in [0.717, 1.165) is 5.56 Å². The Balaban J connectivity index is 1.85. The van der Waals surface area contributed by atoms with Gasteiger partial charge in [-0.25, -0.2) is 4.39 Å². The van der Waals surface area contributed by atoms with Crippen molar-refractivity contribution >= 4 is 11.6 Å². The van der Waals surface area contributed by atoms with E-state index in [4.69, 9.17) is 18.9 Å². The molecular formula is C23H27FN2O7. The number of methoxy groups -OCH3 is 2. The van der Waals surface area contributed by atoms with E-state index in [0.29, 0.717) is 26.1 Å².